The molecule has 1 aliphatic heterocycles. The SMILES string of the molecule is CN1[C@@H](C(=O)Nc2ccc(F)c(Cl)c2)C[C@@H](c2ccc3scnc3c2)NS1(=O)=O. The number of aromatic nitrogens is 1. The summed E-state index contributed by atoms with van der Waals surface area (Å²) in [5.74, 6) is -1.14. The number of nitrogens with zero attached hydrogens (tertiary/aromatic N) is 2. The van der Waals surface area contributed by atoms with Gasteiger partial charge in [0.2, 0.25) is 5.91 Å². The van der Waals surface area contributed by atoms with Gasteiger partial charge in [-0.3, -0.25) is 4.79 Å². The van der Waals surface area contributed by atoms with Crippen LogP contribution in [-0.4, -0.2) is 36.7 Å². The molecule has 29 heavy (non-hydrogen) atoms. The molecular weight excluding hydrogens is 439 g/mol. The molecule has 11 heteroatoms. The Bertz CT molecular complexity index is 1200. The summed E-state index contributed by atoms with van der Waals surface area (Å²) in [6.45, 7) is 0. The Hall–Kier alpha value is -2.11. The summed E-state index contributed by atoms with van der Waals surface area (Å²) in [5.41, 5.74) is 3.50. The van der Waals surface area contributed by atoms with E-state index >= 15 is 0 Å². The van der Waals surface area contributed by atoms with E-state index in [1.54, 1.807) is 5.51 Å². The van der Waals surface area contributed by atoms with Crippen molar-refractivity contribution in [2.45, 2.75) is 18.5 Å². The zero-order valence-electron chi connectivity index (χ0n) is 15.1. The van der Waals surface area contributed by atoms with Gasteiger partial charge in [0.05, 0.1) is 20.7 Å². The molecule has 2 aromatic carbocycles. The summed E-state index contributed by atoms with van der Waals surface area (Å²) in [6, 6.07) is 7.75. The molecule has 2 atom stereocenters. The van der Waals surface area contributed by atoms with Crippen molar-refractivity contribution in [2.75, 3.05) is 12.4 Å². The highest BCUT2D eigenvalue weighted by atomic mass is 35.5. The molecular formula is C18H16ClFN4O3S2. The minimum atomic E-state index is -3.88. The van der Waals surface area contributed by atoms with E-state index in [0.717, 1.165) is 26.2 Å². The topological polar surface area (TPSA) is 91.4 Å². The Morgan fingerprint density at radius 2 is 2.14 bits per heavy atom. The molecule has 3 aromatic rings. The third-order valence-corrected chi connectivity index (χ3v) is 7.51. The lowest BCUT2D eigenvalue weighted by atomic mass is 9.99. The number of anilines is 1. The Morgan fingerprint density at radius 3 is 2.90 bits per heavy atom. The smallest absolute Gasteiger partial charge is 0.280 e. The maximum absolute atomic E-state index is 13.3. The fourth-order valence-corrected chi connectivity index (χ4v) is 5.33. The Morgan fingerprint density at radius 1 is 1.34 bits per heavy atom. The van der Waals surface area contributed by atoms with Gasteiger partial charge in [0.25, 0.3) is 10.2 Å². The highest BCUT2D eigenvalue weighted by Gasteiger charge is 2.40. The lowest BCUT2D eigenvalue weighted by Crippen LogP contribution is -2.55. The molecule has 2 heterocycles. The van der Waals surface area contributed by atoms with E-state index in [0.29, 0.717) is 0 Å². The molecule has 7 nitrogen and oxygen atoms in total. The number of benzene rings is 2. The Kier molecular flexibility index (Phi) is 5.30. The number of likely N-dealkylation sites (N-methyl/N-ethyl adjacent to an activating group) is 1. The van der Waals surface area contributed by atoms with Gasteiger partial charge in [0.15, 0.2) is 0 Å². The van der Waals surface area contributed by atoms with Gasteiger partial charge in [-0.15, -0.1) is 11.3 Å². The van der Waals surface area contributed by atoms with Crippen molar-refractivity contribution in [3.63, 3.8) is 0 Å². The summed E-state index contributed by atoms with van der Waals surface area (Å²) in [5, 5.41) is 2.48. The van der Waals surface area contributed by atoms with E-state index in [2.05, 4.69) is 15.0 Å². The number of carbonyl (C=O) groups is 1. The molecule has 1 amide bonds. The maximum Gasteiger partial charge on any atom is 0.280 e. The number of hydrogen-bond donors (Lipinski definition) is 2. The Labute approximate surface area is 175 Å². The number of hydrogen-bond acceptors (Lipinski definition) is 5. The average Bonchev–Trinajstić information content (AvgIpc) is 3.14. The fraction of sp³-hybridized carbons (Fsp3) is 0.222. The second kappa shape index (κ2) is 7.62. The number of rotatable bonds is 3. The third kappa shape index (κ3) is 3.99. The van der Waals surface area contributed by atoms with Crippen LogP contribution < -0.4 is 10.0 Å². The molecule has 0 spiro atoms. The normalized spacial score (nSPS) is 21.9. The van der Waals surface area contributed by atoms with Crippen LogP contribution in [0.3, 0.4) is 0 Å². The van der Waals surface area contributed by atoms with Gasteiger partial charge in [-0.25, -0.2) is 9.37 Å². The number of nitrogens with one attached hydrogen (secondary N) is 2. The maximum atomic E-state index is 13.3. The number of thiazole rings is 1. The first-order chi connectivity index (χ1) is 13.7. The van der Waals surface area contributed by atoms with Crippen molar-refractivity contribution in [3.8, 4) is 0 Å². The van der Waals surface area contributed by atoms with Gasteiger partial charge < -0.3 is 5.32 Å². The zero-order chi connectivity index (χ0) is 20.8. The van der Waals surface area contributed by atoms with Crippen LogP contribution in [-0.2, 0) is 15.0 Å². The highest BCUT2D eigenvalue weighted by Crippen LogP contribution is 2.31. The molecule has 4 rings (SSSR count). The van der Waals surface area contributed by atoms with Crippen molar-refractivity contribution >= 4 is 55.0 Å². The van der Waals surface area contributed by atoms with Crippen molar-refractivity contribution < 1.29 is 17.6 Å². The number of fused-ring (bicyclic) bond motifs is 1. The van der Waals surface area contributed by atoms with Crippen molar-refractivity contribution in [1.82, 2.24) is 14.0 Å². The van der Waals surface area contributed by atoms with Gasteiger partial charge in [0.1, 0.15) is 11.9 Å². The lowest BCUT2D eigenvalue weighted by molar-refractivity contribution is -0.120. The zero-order valence-corrected chi connectivity index (χ0v) is 17.5. The van der Waals surface area contributed by atoms with Gasteiger partial charge in [0, 0.05) is 18.8 Å². The van der Waals surface area contributed by atoms with E-state index in [-0.39, 0.29) is 17.1 Å². The van der Waals surface area contributed by atoms with Crippen LogP contribution in [0.1, 0.15) is 18.0 Å². The minimum Gasteiger partial charge on any atom is -0.325 e. The lowest BCUT2D eigenvalue weighted by Gasteiger charge is -2.36. The second-order valence-corrected chi connectivity index (χ2v) is 9.70. The molecule has 2 N–H and O–H groups in total. The second-order valence-electron chi connectivity index (χ2n) is 6.64. The molecule has 0 saturated carbocycles. The molecule has 1 fully saturated rings. The van der Waals surface area contributed by atoms with E-state index in [1.807, 2.05) is 18.2 Å². The number of halogens is 2. The monoisotopic (exact) mass is 454 g/mol. The summed E-state index contributed by atoms with van der Waals surface area (Å²) >= 11 is 7.24. The molecule has 0 bridgehead atoms. The van der Waals surface area contributed by atoms with Gasteiger partial charge >= 0.3 is 0 Å². The van der Waals surface area contributed by atoms with Gasteiger partial charge in [-0.05, 0) is 42.3 Å². The minimum absolute atomic E-state index is 0.136. The van der Waals surface area contributed by atoms with Crippen molar-refractivity contribution in [2.24, 2.45) is 0 Å². The predicted octanol–water partition coefficient (Wildman–Crippen LogP) is 3.31. The molecule has 0 unspecified atom stereocenters. The first-order valence-electron chi connectivity index (χ1n) is 8.59. The largest absolute Gasteiger partial charge is 0.325 e. The van der Waals surface area contributed by atoms with E-state index < -0.39 is 34.0 Å². The first-order valence-corrected chi connectivity index (χ1v) is 11.3. The van der Waals surface area contributed by atoms with Crippen molar-refractivity contribution in [3.05, 3.63) is 58.3 Å². The highest BCUT2D eigenvalue weighted by molar-refractivity contribution is 7.87. The van der Waals surface area contributed by atoms with Crippen LogP contribution in [0.2, 0.25) is 5.02 Å². The summed E-state index contributed by atoms with van der Waals surface area (Å²) in [4.78, 5) is 17.1. The quantitative estimate of drug-likeness (QED) is 0.635. The molecule has 1 saturated heterocycles. The number of carbonyl (C=O) groups excluding carboxylic acids is 1. The van der Waals surface area contributed by atoms with Crippen LogP contribution in [0.4, 0.5) is 10.1 Å². The van der Waals surface area contributed by atoms with Crippen LogP contribution in [0.5, 0.6) is 0 Å². The summed E-state index contributed by atoms with van der Waals surface area (Å²) < 4.78 is 43.1. The van der Waals surface area contributed by atoms with Crippen molar-refractivity contribution in [1.29, 1.82) is 0 Å². The summed E-state index contributed by atoms with van der Waals surface area (Å²) in [7, 11) is -2.54. The summed E-state index contributed by atoms with van der Waals surface area (Å²) in [6.07, 6.45) is 0.214. The predicted molar refractivity (Wildman–Crippen MR) is 111 cm³/mol. The van der Waals surface area contributed by atoms with Crippen LogP contribution >= 0.6 is 22.9 Å². The molecule has 152 valence electrons. The fourth-order valence-electron chi connectivity index (χ4n) is 3.22. The molecule has 1 aromatic heterocycles. The van der Waals surface area contributed by atoms with Crippen LogP contribution in [0, 0.1) is 5.82 Å². The standard InChI is InChI=1S/C18H16ClFN4O3S2/c1-24-16(18(25)22-11-3-4-13(20)12(19)7-11)8-14(23-29(24,26)27)10-2-5-17-15(6-10)21-9-28-17/h2-7,9,14,16,23H,8H2,1H3,(H,22,25)/t14-,16+/m0/s1. The molecule has 1 aliphatic rings. The molecule has 0 radical (unpaired) electrons. The first kappa shape index (κ1) is 20.2. The van der Waals surface area contributed by atoms with Gasteiger partial charge in [-0.2, -0.15) is 17.4 Å². The molecule has 0 aliphatic carbocycles. The third-order valence-electron chi connectivity index (χ3n) is 4.81. The van der Waals surface area contributed by atoms with E-state index in [4.69, 9.17) is 11.6 Å². The number of amides is 1. The Balaban J connectivity index is 1.61. The van der Waals surface area contributed by atoms with Crippen LogP contribution in [0.25, 0.3) is 10.2 Å². The van der Waals surface area contributed by atoms with Gasteiger partial charge in [-0.1, -0.05) is 17.7 Å². The average molecular weight is 455 g/mol. The van der Waals surface area contributed by atoms with E-state index in [9.17, 15) is 17.6 Å². The van der Waals surface area contributed by atoms with E-state index in [1.165, 1.54) is 30.5 Å². The van der Waals surface area contributed by atoms with Crippen LogP contribution in [0.15, 0.2) is 41.9 Å².